The maximum Gasteiger partial charge on any atom is 0.248 e. The van der Waals surface area contributed by atoms with E-state index in [1.54, 1.807) is 14.2 Å². The molecule has 0 saturated carbocycles. The summed E-state index contributed by atoms with van der Waals surface area (Å²) in [6.45, 7) is 17.0. The molecule has 0 N–H and O–H groups in total. The topological polar surface area (TPSA) is 49.9 Å². The van der Waals surface area contributed by atoms with Gasteiger partial charge in [0.15, 0.2) is 0 Å². The van der Waals surface area contributed by atoms with E-state index in [0.29, 0.717) is 0 Å². The molecule has 8 nitrogen and oxygen atoms in total. The molecule has 0 bridgehead atoms. The Kier molecular flexibility index (Phi) is 10.8. The van der Waals surface area contributed by atoms with E-state index in [1.807, 2.05) is 24.3 Å². The van der Waals surface area contributed by atoms with Crippen molar-refractivity contribution in [2.24, 2.45) is 0 Å². The number of hydrogen-bond acceptors (Lipinski definition) is 8. The first-order valence-corrected chi connectivity index (χ1v) is 18.6. The molecule has 6 rings (SSSR count). The fraction of sp³-hybridized carbons (Fsp3) is 0.529. The van der Waals surface area contributed by atoms with Crippen LogP contribution in [0, 0.1) is 0 Å². The van der Waals surface area contributed by atoms with E-state index in [1.165, 1.54) is 51.4 Å². The van der Waals surface area contributed by atoms with Crippen molar-refractivity contribution in [3.05, 3.63) is 48.6 Å². The second kappa shape index (κ2) is 14.9. The van der Waals surface area contributed by atoms with Crippen LogP contribution in [0.15, 0.2) is 37.4 Å². The molecule has 0 aromatic heterocycles. The predicted molar refractivity (Wildman–Crippen MR) is 183 cm³/mol. The minimum absolute atomic E-state index is 0.754. The molecule has 0 aliphatic carbocycles. The number of benzene rings is 2. The van der Waals surface area contributed by atoms with Crippen molar-refractivity contribution in [3.8, 4) is 34.1 Å². The summed E-state index contributed by atoms with van der Waals surface area (Å²) >= 11 is 0. The molecule has 44 heavy (non-hydrogen) atoms. The third kappa shape index (κ3) is 6.82. The van der Waals surface area contributed by atoms with E-state index in [9.17, 15) is 0 Å². The minimum atomic E-state index is -0.972. The van der Waals surface area contributed by atoms with Crippen molar-refractivity contribution in [1.82, 2.24) is 18.7 Å². The summed E-state index contributed by atoms with van der Waals surface area (Å²) < 4.78 is 36.4. The third-order valence-corrected chi connectivity index (χ3v) is 13.3. The highest BCUT2D eigenvalue weighted by atomic mass is 31.2. The molecule has 4 saturated heterocycles. The summed E-state index contributed by atoms with van der Waals surface area (Å²) in [5, 5.41) is 0. The fourth-order valence-corrected chi connectivity index (χ4v) is 11.0. The van der Waals surface area contributed by atoms with Crippen molar-refractivity contribution in [2.75, 3.05) is 66.6 Å². The highest BCUT2D eigenvalue weighted by Gasteiger charge is 2.36. The molecule has 0 amide bonds. The van der Waals surface area contributed by atoms with Crippen LogP contribution in [0.2, 0.25) is 0 Å². The largest absolute Gasteiger partial charge is 0.497 e. The first kappa shape index (κ1) is 31.8. The van der Waals surface area contributed by atoms with Crippen LogP contribution in [0.3, 0.4) is 0 Å². The van der Waals surface area contributed by atoms with Crippen LogP contribution >= 0.6 is 16.9 Å². The monoisotopic (exact) mass is 638 g/mol. The number of ether oxygens (including phenoxy) is 2. The van der Waals surface area contributed by atoms with Gasteiger partial charge in [-0.2, -0.15) is 0 Å². The molecule has 0 unspecified atom stereocenters. The molecule has 2 aromatic carbocycles. The van der Waals surface area contributed by atoms with Gasteiger partial charge in [-0.25, -0.2) is 18.7 Å². The molecular weight excluding hydrogens is 590 g/mol. The normalized spacial score (nSPS) is 20.2. The van der Waals surface area contributed by atoms with E-state index < -0.39 is 16.9 Å². The fourth-order valence-electron chi connectivity index (χ4n) is 6.63. The minimum Gasteiger partial charge on any atom is -0.497 e. The molecule has 4 aliphatic heterocycles. The average Bonchev–Trinajstić information content (AvgIpc) is 3.90. The Labute approximate surface area is 266 Å². The zero-order valence-electron chi connectivity index (χ0n) is 26.5. The van der Waals surface area contributed by atoms with E-state index >= 15 is 0 Å². The maximum absolute atomic E-state index is 7.25. The second-order valence-electron chi connectivity index (χ2n) is 11.9. The van der Waals surface area contributed by atoms with Gasteiger partial charge in [-0.05, 0) is 75.6 Å². The number of nitrogens with zero attached hydrogens (tertiary/aromatic N) is 4. The molecule has 238 valence electrons. The highest BCUT2D eigenvalue weighted by molar-refractivity contribution is 7.48. The summed E-state index contributed by atoms with van der Waals surface area (Å²) in [5.74, 6) is 3.16. The quantitative estimate of drug-likeness (QED) is 0.203. The molecule has 10 heteroatoms. The Morgan fingerprint density at radius 2 is 0.818 bits per heavy atom. The van der Waals surface area contributed by atoms with E-state index in [0.717, 1.165) is 97.6 Å². The lowest BCUT2D eigenvalue weighted by molar-refractivity contribution is 0.390. The van der Waals surface area contributed by atoms with E-state index in [4.69, 9.17) is 18.5 Å². The standard InChI is InChI=1S/C34H48N4O4P2/c1-5-27-23-29(39-3)25-31(33(27)41-43(35-15-7-8-16-35)36-17-9-10-18-36)32-26-30(40-4)24-28(6-2)34(32)42-44(37-19-11-12-20-37)38-21-13-14-22-38/h5-6,23-26H,1-2,7-22H2,3-4H3. The molecule has 2 aromatic rings. The van der Waals surface area contributed by atoms with Crippen molar-refractivity contribution < 1.29 is 18.5 Å². The molecule has 0 radical (unpaired) electrons. The first-order valence-electron chi connectivity index (χ1n) is 16.3. The lowest BCUT2D eigenvalue weighted by Crippen LogP contribution is -2.28. The average molecular weight is 639 g/mol. The molecule has 0 spiro atoms. The van der Waals surface area contributed by atoms with Gasteiger partial charge in [0.2, 0.25) is 16.9 Å². The van der Waals surface area contributed by atoms with Crippen molar-refractivity contribution in [3.63, 3.8) is 0 Å². The van der Waals surface area contributed by atoms with Crippen LogP contribution < -0.4 is 18.5 Å². The Hall–Kier alpha value is -2.18. The van der Waals surface area contributed by atoms with Gasteiger partial charge in [0.1, 0.15) is 23.0 Å². The predicted octanol–water partition coefficient (Wildman–Crippen LogP) is 8.25. The second-order valence-corrected chi connectivity index (χ2v) is 15.6. The number of rotatable bonds is 13. The zero-order chi connectivity index (χ0) is 30.5. The summed E-state index contributed by atoms with van der Waals surface area (Å²) in [6, 6.07) is 8.24. The maximum atomic E-state index is 7.25. The van der Waals surface area contributed by atoms with Crippen LogP contribution in [0.25, 0.3) is 23.3 Å². The smallest absolute Gasteiger partial charge is 0.248 e. The molecule has 4 fully saturated rings. The first-order chi connectivity index (χ1) is 21.6. The van der Waals surface area contributed by atoms with Crippen molar-refractivity contribution >= 4 is 29.1 Å². The van der Waals surface area contributed by atoms with Crippen LogP contribution in [-0.2, 0) is 0 Å². The van der Waals surface area contributed by atoms with Gasteiger partial charge in [-0.15, -0.1) is 0 Å². The number of hydrogen-bond donors (Lipinski definition) is 0. The number of methoxy groups -OCH3 is 2. The SMILES string of the molecule is C=Cc1cc(OC)cc(-c2cc(OC)cc(C=C)c2OP(N2CCCC2)N2CCCC2)c1OP(N1CCCC1)N1CCCC1. The summed E-state index contributed by atoms with van der Waals surface area (Å²) in [4.78, 5) is 0. The third-order valence-electron chi connectivity index (χ3n) is 9.03. The summed E-state index contributed by atoms with van der Waals surface area (Å²) in [7, 11) is 1.49. The highest BCUT2D eigenvalue weighted by Crippen LogP contribution is 2.57. The Balaban J connectivity index is 1.50. The Bertz CT molecular complexity index is 1170. The van der Waals surface area contributed by atoms with Gasteiger partial charge in [-0.1, -0.05) is 25.3 Å². The van der Waals surface area contributed by atoms with Gasteiger partial charge >= 0.3 is 0 Å². The molecular formula is C34H48N4O4P2. The molecule has 0 atom stereocenters. The molecule has 4 heterocycles. The van der Waals surface area contributed by atoms with Crippen molar-refractivity contribution in [2.45, 2.75) is 51.4 Å². The van der Waals surface area contributed by atoms with Crippen molar-refractivity contribution in [1.29, 1.82) is 0 Å². The van der Waals surface area contributed by atoms with E-state index in [-0.39, 0.29) is 0 Å². The van der Waals surface area contributed by atoms with Gasteiger partial charge in [-0.3, -0.25) is 0 Å². The van der Waals surface area contributed by atoms with Crippen LogP contribution in [0.1, 0.15) is 62.5 Å². The Morgan fingerprint density at radius 1 is 0.523 bits per heavy atom. The van der Waals surface area contributed by atoms with Crippen LogP contribution in [0.4, 0.5) is 0 Å². The summed E-state index contributed by atoms with van der Waals surface area (Å²) in [5.41, 5.74) is 3.70. The zero-order valence-corrected chi connectivity index (χ0v) is 28.3. The van der Waals surface area contributed by atoms with Crippen LogP contribution in [0.5, 0.6) is 23.0 Å². The Morgan fingerprint density at radius 3 is 1.07 bits per heavy atom. The van der Waals surface area contributed by atoms with Gasteiger partial charge in [0.05, 0.1) is 14.2 Å². The summed E-state index contributed by atoms with van der Waals surface area (Å²) in [6.07, 6.45) is 13.5. The van der Waals surface area contributed by atoms with Crippen LogP contribution in [-0.4, -0.2) is 85.3 Å². The van der Waals surface area contributed by atoms with E-state index in [2.05, 4.69) is 44.0 Å². The lowest BCUT2D eigenvalue weighted by atomic mass is 9.97. The van der Waals surface area contributed by atoms with Gasteiger partial charge in [0.25, 0.3) is 0 Å². The van der Waals surface area contributed by atoms with Gasteiger partial charge < -0.3 is 18.5 Å². The van der Waals surface area contributed by atoms with Gasteiger partial charge in [0, 0.05) is 74.6 Å². The molecule has 4 aliphatic rings. The lowest BCUT2D eigenvalue weighted by Gasteiger charge is -2.35.